The Morgan fingerprint density at radius 2 is 1.84 bits per heavy atom. The van der Waals surface area contributed by atoms with E-state index in [0.717, 1.165) is 11.1 Å². The average Bonchev–Trinajstić information content (AvgIpc) is 2.60. The summed E-state index contributed by atoms with van der Waals surface area (Å²) >= 11 is 0. The van der Waals surface area contributed by atoms with Crippen LogP contribution in [-0.4, -0.2) is 28.2 Å². The Balaban J connectivity index is 1.91. The van der Waals surface area contributed by atoms with Crippen LogP contribution in [0, 0.1) is 0 Å². The van der Waals surface area contributed by atoms with Crippen LogP contribution in [0.4, 0.5) is 0 Å². The van der Waals surface area contributed by atoms with Crippen molar-refractivity contribution in [2.45, 2.75) is 12.8 Å². The predicted molar refractivity (Wildman–Crippen MR) is 95.8 cm³/mol. The Morgan fingerprint density at radius 1 is 1.12 bits per heavy atom. The molecule has 0 aliphatic carbocycles. The van der Waals surface area contributed by atoms with E-state index < -0.39 is 0 Å². The summed E-state index contributed by atoms with van der Waals surface area (Å²) in [6, 6.07) is 11.4. The van der Waals surface area contributed by atoms with Gasteiger partial charge >= 0.3 is 0 Å². The Hall–Kier alpha value is -3.21. The summed E-state index contributed by atoms with van der Waals surface area (Å²) in [5.41, 5.74) is 1.65. The molecule has 0 unspecified atom stereocenters. The number of aromatic hydroxyl groups is 2. The molecule has 5 heteroatoms. The smallest absolute Gasteiger partial charge is 0.160 e. The van der Waals surface area contributed by atoms with E-state index in [1.54, 1.807) is 30.3 Å². The zero-order chi connectivity index (χ0) is 18.2. The van der Waals surface area contributed by atoms with Gasteiger partial charge in [0, 0.05) is 12.5 Å². The standard InChI is InChI=1S/C20H20O5/c1-25-20-12-15(6-11-19(20)24)5-10-18(23)13-17(22)9-4-14-2-7-16(21)8-3-14/h2-4,6-9,11-13,21-22,24H,5,10H2,1H3/b9-4+,17-13+. The lowest BCUT2D eigenvalue weighted by molar-refractivity contribution is -0.114. The van der Waals surface area contributed by atoms with Crippen LogP contribution in [0.3, 0.4) is 0 Å². The zero-order valence-corrected chi connectivity index (χ0v) is 13.8. The fourth-order valence-electron chi connectivity index (χ4n) is 2.20. The third-order valence-corrected chi connectivity index (χ3v) is 3.55. The van der Waals surface area contributed by atoms with E-state index >= 15 is 0 Å². The molecule has 0 bridgehead atoms. The van der Waals surface area contributed by atoms with Crippen LogP contribution >= 0.6 is 0 Å². The number of phenolic OH excluding ortho intramolecular Hbond substituents is 2. The van der Waals surface area contributed by atoms with Gasteiger partial charge < -0.3 is 20.1 Å². The molecule has 2 aromatic rings. The Labute approximate surface area is 146 Å². The first-order valence-electron chi connectivity index (χ1n) is 7.74. The van der Waals surface area contributed by atoms with Crippen molar-refractivity contribution in [3.8, 4) is 17.2 Å². The highest BCUT2D eigenvalue weighted by Gasteiger charge is 2.05. The molecule has 25 heavy (non-hydrogen) atoms. The second kappa shape index (κ2) is 8.59. The van der Waals surface area contributed by atoms with Gasteiger partial charge in [-0.2, -0.15) is 0 Å². The predicted octanol–water partition coefficient (Wildman–Crippen LogP) is 3.76. The van der Waals surface area contributed by atoms with Gasteiger partial charge in [0.2, 0.25) is 0 Å². The summed E-state index contributed by atoms with van der Waals surface area (Å²) in [4.78, 5) is 11.9. The molecule has 3 N–H and O–H groups in total. The van der Waals surface area contributed by atoms with Gasteiger partial charge in [-0.25, -0.2) is 0 Å². The maximum absolute atomic E-state index is 11.9. The van der Waals surface area contributed by atoms with Crippen LogP contribution in [-0.2, 0) is 11.2 Å². The molecule has 0 fully saturated rings. The fraction of sp³-hybridized carbons (Fsp3) is 0.150. The zero-order valence-electron chi connectivity index (χ0n) is 13.8. The van der Waals surface area contributed by atoms with Crippen molar-refractivity contribution >= 4 is 11.9 Å². The largest absolute Gasteiger partial charge is 0.508 e. The molecule has 0 radical (unpaired) electrons. The van der Waals surface area contributed by atoms with Crippen LogP contribution in [0.1, 0.15) is 17.5 Å². The molecule has 0 saturated carbocycles. The number of aliphatic hydroxyl groups excluding tert-OH is 1. The minimum atomic E-state index is -0.208. The molecular formula is C20H20O5. The van der Waals surface area contributed by atoms with Crippen LogP contribution in [0.15, 0.2) is 60.4 Å². The van der Waals surface area contributed by atoms with E-state index in [1.807, 2.05) is 0 Å². The first-order valence-corrected chi connectivity index (χ1v) is 7.74. The number of benzene rings is 2. The van der Waals surface area contributed by atoms with E-state index in [9.17, 15) is 20.1 Å². The van der Waals surface area contributed by atoms with Gasteiger partial charge in [-0.15, -0.1) is 0 Å². The van der Waals surface area contributed by atoms with Crippen molar-refractivity contribution in [3.63, 3.8) is 0 Å². The van der Waals surface area contributed by atoms with Crippen molar-refractivity contribution in [3.05, 3.63) is 71.5 Å². The van der Waals surface area contributed by atoms with E-state index in [1.165, 1.54) is 37.5 Å². The lowest BCUT2D eigenvalue weighted by atomic mass is 10.1. The number of carbonyl (C=O) groups is 1. The number of phenols is 2. The molecule has 2 rings (SSSR count). The van der Waals surface area contributed by atoms with Gasteiger partial charge in [-0.05, 0) is 47.9 Å². The van der Waals surface area contributed by atoms with Crippen LogP contribution < -0.4 is 4.74 Å². The average molecular weight is 340 g/mol. The Kier molecular flexibility index (Phi) is 6.23. The molecule has 0 aromatic heterocycles. The van der Waals surface area contributed by atoms with Crippen LogP contribution in [0.25, 0.3) is 6.08 Å². The van der Waals surface area contributed by atoms with Gasteiger partial charge in [-0.1, -0.05) is 24.3 Å². The summed E-state index contributed by atoms with van der Waals surface area (Å²) < 4.78 is 5.03. The van der Waals surface area contributed by atoms with Crippen LogP contribution in [0.2, 0.25) is 0 Å². The number of aryl methyl sites for hydroxylation is 1. The third-order valence-electron chi connectivity index (χ3n) is 3.55. The highest BCUT2D eigenvalue weighted by molar-refractivity contribution is 5.90. The number of hydrogen-bond acceptors (Lipinski definition) is 5. The van der Waals surface area contributed by atoms with Gasteiger partial charge in [0.15, 0.2) is 17.3 Å². The number of carbonyl (C=O) groups excluding carboxylic acids is 1. The molecule has 0 aliphatic heterocycles. The summed E-state index contributed by atoms with van der Waals surface area (Å²) in [6.45, 7) is 0. The topological polar surface area (TPSA) is 87.0 Å². The first kappa shape index (κ1) is 18.1. The molecule has 2 aromatic carbocycles. The lowest BCUT2D eigenvalue weighted by Gasteiger charge is -2.05. The molecule has 130 valence electrons. The second-order valence-electron chi connectivity index (χ2n) is 5.47. The van der Waals surface area contributed by atoms with Crippen molar-refractivity contribution < 1.29 is 24.9 Å². The lowest BCUT2D eigenvalue weighted by Crippen LogP contribution is -1.98. The summed E-state index contributed by atoms with van der Waals surface area (Å²) in [5, 5.41) is 28.5. The number of ketones is 1. The fourth-order valence-corrected chi connectivity index (χ4v) is 2.20. The molecule has 5 nitrogen and oxygen atoms in total. The maximum atomic E-state index is 11.9. The molecule has 0 saturated heterocycles. The monoisotopic (exact) mass is 340 g/mol. The minimum Gasteiger partial charge on any atom is -0.508 e. The van der Waals surface area contributed by atoms with Gasteiger partial charge in [0.1, 0.15) is 11.5 Å². The Bertz CT molecular complexity index is 788. The summed E-state index contributed by atoms with van der Waals surface area (Å²) in [7, 11) is 1.46. The number of allylic oxidation sites excluding steroid dienone is 2. The Morgan fingerprint density at radius 3 is 2.52 bits per heavy atom. The van der Waals surface area contributed by atoms with E-state index in [4.69, 9.17) is 4.74 Å². The van der Waals surface area contributed by atoms with Crippen molar-refractivity contribution in [2.24, 2.45) is 0 Å². The number of methoxy groups -OCH3 is 1. The molecular weight excluding hydrogens is 320 g/mol. The molecule has 0 heterocycles. The van der Waals surface area contributed by atoms with E-state index in [0.29, 0.717) is 12.2 Å². The highest BCUT2D eigenvalue weighted by atomic mass is 16.5. The second-order valence-corrected chi connectivity index (χ2v) is 5.47. The van der Waals surface area contributed by atoms with Crippen molar-refractivity contribution in [2.75, 3.05) is 7.11 Å². The molecule has 0 amide bonds. The van der Waals surface area contributed by atoms with Gasteiger partial charge in [0.25, 0.3) is 0 Å². The third kappa shape index (κ3) is 5.73. The quantitative estimate of drug-likeness (QED) is 0.406. The summed E-state index contributed by atoms with van der Waals surface area (Å²) in [5.74, 6) is 0.230. The SMILES string of the molecule is COc1cc(CCC(=O)/C=C(O)\C=C\c2ccc(O)cc2)ccc1O. The van der Waals surface area contributed by atoms with E-state index in [-0.39, 0.29) is 29.5 Å². The normalized spacial score (nSPS) is 11.6. The van der Waals surface area contributed by atoms with E-state index in [2.05, 4.69) is 0 Å². The molecule has 0 atom stereocenters. The molecule has 0 spiro atoms. The van der Waals surface area contributed by atoms with Gasteiger partial charge in [-0.3, -0.25) is 4.79 Å². The molecule has 0 aliphatic rings. The van der Waals surface area contributed by atoms with Crippen molar-refractivity contribution in [1.29, 1.82) is 0 Å². The number of rotatable bonds is 7. The number of hydrogen-bond donors (Lipinski definition) is 3. The van der Waals surface area contributed by atoms with Crippen LogP contribution in [0.5, 0.6) is 17.2 Å². The highest BCUT2D eigenvalue weighted by Crippen LogP contribution is 2.26. The number of ether oxygens (including phenoxy) is 1. The minimum absolute atomic E-state index is 0.0504. The number of aliphatic hydroxyl groups is 1. The maximum Gasteiger partial charge on any atom is 0.160 e. The first-order chi connectivity index (χ1) is 12.0. The van der Waals surface area contributed by atoms with Gasteiger partial charge in [0.05, 0.1) is 7.11 Å². The van der Waals surface area contributed by atoms with Crippen molar-refractivity contribution in [1.82, 2.24) is 0 Å². The summed E-state index contributed by atoms with van der Waals surface area (Å²) in [6.07, 6.45) is 4.94.